The number of benzene rings is 1. The Labute approximate surface area is 120 Å². The summed E-state index contributed by atoms with van der Waals surface area (Å²) < 4.78 is 3.20. The maximum Gasteiger partial charge on any atom is 0.117 e. The lowest BCUT2D eigenvalue weighted by molar-refractivity contribution is 0.953. The molecule has 0 unspecified atom stereocenters. The molecule has 0 atom stereocenters. The lowest BCUT2D eigenvalue weighted by Crippen LogP contribution is -1.99. The average Bonchev–Trinajstić information content (AvgIpc) is 2.81. The number of imidazole rings is 1. The molecule has 19 heavy (non-hydrogen) atoms. The van der Waals surface area contributed by atoms with E-state index < -0.39 is 0 Å². The van der Waals surface area contributed by atoms with Crippen molar-refractivity contribution in [1.82, 2.24) is 9.38 Å². The Bertz CT molecular complexity index is 718. The Hall–Kier alpha value is -1.65. The standard InChI is InChI=1S/C15H14BrN3/c16-13-3-1-2-11(6-13)8-15-18-10-14-7-12(9-17)4-5-19(14)15/h1-7,10H,8-9,17H2. The summed E-state index contributed by atoms with van der Waals surface area (Å²) in [6, 6.07) is 12.4. The summed E-state index contributed by atoms with van der Waals surface area (Å²) in [5, 5.41) is 0. The predicted molar refractivity (Wildman–Crippen MR) is 80.0 cm³/mol. The first kappa shape index (κ1) is 12.4. The monoisotopic (exact) mass is 315 g/mol. The van der Waals surface area contributed by atoms with Gasteiger partial charge < -0.3 is 10.1 Å². The van der Waals surface area contributed by atoms with Crippen LogP contribution in [0.3, 0.4) is 0 Å². The van der Waals surface area contributed by atoms with Crippen LogP contribution in [0.25, 0.3) is 5.52 Å². The van der Waals surface area contributed by atoms with Crippen LogP contribution < -0.4 is 5.73 Å². The number of nitrogens with two attached hydrogens (primary N) is 1. The van der Waals surface area contributed by atoms with Gasteiger partial charge in [0.05, 0.1) is 11.7 Å². The van der Waals surface area contributed by atoms with Crippen LogP contribution in [0, 0.1) is 0 Å². The molecule has 0 aliphatic heterocycles. The third kappa shape index (κ3) is 2.55. The largest absolute Gasteiger partial charge is 0.326 e. The molecule has 0 aliphatic rings. The molecule has 0 radical (unpaired) electrons. The minimum absolute atomic E-state index is 0.558. The van der Waals surface area contributed by atoms with Crippen molar-refractivity contribution in [1.29, 1.82) is 0 Å². The average molecular weight is 316 g/mol. The quantitative estimate of drug-likeness (QED) is 0.807. The van der Waals surface area contributed by atoms with Gasteiger partial charge in [0.1, 0.15) is 5.82 Å². The third-order valence-corrected chi connectivity index (χ3v) is 3.65. The molecule has 3 rings (SSSR count). The number of hydrogen-bond acceptors (Lipinski definition) is 2. The van der Waals surface area contributed by atoms with Gasteiger partial charge in [-0.3, -0.25) is 0 Å². The first-order chi connectivity index (χ1) is 9.26. The molecule has 0 aliphatic carbocycles. The molecule has 3 aromatic rings. The van der Waals surface area contributed by atoms with Gasteiger partial charge in [-0.2, -0.15) is 0 Å². The molecule has 1 aromatic carbocycles. The second kappa shape index (κ2) is 5.15. The van der Waals surface area contributed by atoms with Crippen molar-refractivity contribution in [2.75, 3.05) is 0 Å². The van der Waals surface area contributed by atoms with Crippen molar-refractivity contribution < 1.29 is 0 Å². The topological polar surface area (TPSA) is 43.3 Å². The molecule has 3 nitrogen and oxygen atoms in total. The van der Waals surface area contributed by atoms with E-state index in [-0.39, 0.29) is 0 Å². The van der Waals surface area contributed by atoms with Gasteiger partial charge in [-0.15, -0.1) is 0 Å². The number of hydrogen-bond donors (Lipinski definition) is 1. The van der Waals surface area contributed by atoms with Gasteiger partial charge in [-0.05, 0) is 35.4 Å². The van der Waals surface area contributed by atoms with Crippen LogP contribution in [-0.2, 0) is 13.0 Å². The summed E-state index contributed by atoms with van der Waals surface area (Å²) in [6.07, 6.45) is 4.75. The number of rotatable bonds is 3. The van der Waals surface area contributed by atoms with Crippen molar-refractivity contribution in [3.63, 3.8) is 0 Å². The lowest BCUT2D eigenvalue weighted by Gasteiger charge is -2.04. The maximum absolute atomic E-state index is 5.65. The minimum Gasteiger partial charge on any atom is -0.326 e. The molecule has 0 fully saturated rings. The first-order valence-electron chi connectivity index (χ1n) is 6.15. The van der Waals surface area contributed by atoms with Crippen molar-refractivity contribution in [3.05, 3.63) is 70.2 Å². The van der Waals surface area contributed by atoms with E-state index >= 15 is 0 Å². The van der Waals surface area contributed by atoms with E-state index in [1.165, 1.54) is 5.56 Å². The summed E-state index contributed by atoms with van der Waals surface area (Å²) in [7, 11) is 0. The van der Waals surface area contributed by atoms with Crippen molar-refractivity contribution in [2.24, 2.45) is 5.73 Å². The fourth-order valence-corrected chi connectivity index (χ4v) is 2.64. The Morgan fingerprint density at radius 3 is 2.84 bits per heavy atom. The van der Waals surface area contributed by atoms with Crippen molar-refractivity contribution in [2.45, 2.75) is 13.0 Å². The minimum atomic E-state index is 0.558. The lowest BCUT2D eigenvalue weighted by atomic mass is 10.1. The zero-order chi connectivity index (χ0) is 13.2. The zero-order valence-electron chi connectivity index (χ0n) is 10.4. The molecule has 96 valence electrons. The van der Waals surface area contributed by atoms with E-state index in [1.807, 2.05) is 30.6 Å². The number of pyridine rings is 1. The van der Waals surface area contributed by atoms with Gasteiger partial charge in [-0.1, -0.05) is 28.1 Å². The molecule has 0 bridgehead atoms. The summed E-state index contributed by atoms with van der Waals surface area (Å²) in [4.78, 5) is 4.50. The number of aromatic nitrogens is 2. The summed E-state index contributed by atoms with van der Waals surface area (Å²) in [6.45, 7) is 0.558. The second-order valence-electron chi connectivity index (χ2n) is 4.52. The van der Waals surface area contributed by atoms with Gasteiger partial charge in [0.25, 0.3) is 0 Å². The Kier molecular flexibility index (Phi) is 3.36. The molecule has 0 spiro atoms. The van der Waals surface area contributed by atoms with E-state index in [0.29, 0.717) is 6.54 Å². The summed E-state index contributed by atoms with van der Waals surface area (Å²) in [5.74, 6) is 1.04. The molecule has 2 aromatic heterocycles. The van der Waals surface area contributed by atoms with E-state index in [4.69, 9.17) is 5.73 Å². The van der Waals surface area contributed by atoms with E-state index in [2.05, 4.69) is 43.5 Å². The normalized spacial score (nSPS) is 11.1. The smallest absolute Gasteiger partial charge is 0.117 e. The van der Waals surface area contributed by atoms with Gasteiger partial charge in [0.15, 0.2) is 0 Å². The highest BCUT2D eigenvalue weighted by Gasteiger charge is 2.05. The first-order valence-corrected chi connectivity index (χ1v) is 6.95. The molecule has 2 heterocycles. The van der Waals surface area contributed by atoms with E-state index in [1.54, 1.807) is 0 Å². The highest BCUT2D eigenvalue weighted by molar-refractivity contribution is 9.10. The molecular formula is C15H14BrN3. The molecule has 0 saturated heterocycles. The van der Waals surface area contributed by atoms with E-state index in [0.717, 1.165) is 27.8 Å². The second-order valence-corrected chi connectivity index (χ2v) is 5.43. The van der Waals surface area contributed by atoms with Crippen LogP contribution >= 0.6 is 15.9 Å². The number of nitrogens with zero attached hydrogens (tertiary/aromatic N) is 2. The molecule has 0 amide bonds. The van der Waals surface area contributed by atoms with Gasteiger partial charge in [-0.25, -0.2) is 4.98 Å². The maximum atomic E-state index is 5.65. The molecular weight excluding hydrogens is 302 g/mol. The van der Waals surface area contributed by atoms with Gasteiger partial charge >= 0.3 is 0 Å². The van der Waals surface area contributed by atoms with Crippen LogP contribution in [0.5, 0.6) is 0 Å². The van der Waals surface area contributed by atoms with Crippen molar-refractivity contribution >= 4 is 21.4 Å². The molecule has 0 saturated carbocycles. The fourth-order valence-electron chi connectivity index (χ4n) is 2.19. The van der Waals surface area contributed by atoms with Crippen LogP contribution in [0.15, 0.2) is 53.3 Å². The van der Waals surface area contributed by atoms with Gasteiger partial charge in [0.2, 0.25) is 0 Å². The number of halogens is 1. The highest BCUT2D eigenvalue weighted by Crippen LogP contribution is 2.16. The predicted octanol–water partition coefficient (Wildman–Crippen LogP) is 3.15. The summed E-state index contributed by atoms with van der Waals surface area (Å²) in [5.41, 5.74) is 9.11. The Balaban J connectivity index is 1.97. The van der Waals surface area contributed by atoms with Crippen LogP contribution in [0.2, 0.25) is 0 Å². The molecule has 4 heteroatoms. The Morgan fingerprint density at radius 1 is 1.16 bits per heavy atom. The Morgan fingerprint density at radius 2 is 2.05 bits per heavy atom. The SMILES string of the molecule is NCc1ccn2c(Cc3cccc(Br)c3)ncc2c1. The highest BCUT2D eigenvalue weighted by atomic mass is 79.9. The van der Waals surface area contributed by atoms with Gasteiger partial charge in [0, 0.05) is 23.6 Å². The number of fused-ring (bicyclic) bond motifs is 1. The van der Waals surface area contributed by atoms with Crippen LogP contribution in [-0.4, -0.2) is 9.38 Å². The summed E-state index contributed by atoms with van der Waals surface area (Å²) >= 11 is 3.49. The third-order valence-electron chi connectivity index (χ3n) is 3.16. The van der Waals surface area contributed by atoms with E-state index in [9.17, 15) is 0 Å². The zero-order valence-corrected chi connectivity index (χ0v) is 12.0. The fraction of sp³-hybridized carbons (Fsp3) is 0.133. The van der Waals surface area contributed by atoms with Crippen LogP contribution in [0.4, 0.5) is 0 Å². The molecule has 2 N–H and O–H groups in total. The van der Waals surface area contributed by atoms with Crippen LogP contribution in [0.1, 0.15) is 17.0 Å². The van der Waals surface area contributed by atoms with Crippen molar-refractivity contribution in [3.8, 4) is 0 Å².